The van der Waals surface area contributed by atoms with Gasteiger partial charge in [0.25, 0.3) is 0 Å². The fourth-order valence-electron chi connectivity index (χ4n) is 4.03. The van der Waals surface area contributed by atoms with Crippen LogP contribution in [0.1, 0.15) is 37.7 Å². The Labute approximate surface area is 129 Å². The highest BCUT2D eigenvalue weighted by Crippen LogP contribution is 2.36. The van der Waals surface area contributed by atoms with E-state index in [2.05, 4.69) is 42.2 Å². The zero-order valence-electron chi connectivity index (χ0n) is 12.4. The molecule has 20 heavy (non-hydrogen) atoms. The molecule has 0 radical (unpaired) electrons. The molecule has 1 saturated carbocycles. The Morgan fingerprint density at radius 1 is 1.20 bits per heavy atom. The highest BCUT2D eigenvalue weighted by molar-refractivity contribution is 5.85. The predicted molar refractivity (Wildman–Crippen MR) is 87.4 cm³/mol. The molecule has 1 heterocycles. The van der Waals surface area contributed by atoms with Crippen LogP contribution < -0.4 is 5.73 Å². The number of nitrogens with zero attached hydrogens (tertiary/aromatic N) is 1. The Kier molecular flexibility index (Phi) is 5.48. The van der Waals surface area contributed by atoms with Crippen molar-refractivity contribution in [2.45, 2.75) is 38.1 Å². The maximum atomic E-state index is 6.30. The minimum Gasteiger partial charge on any atom is -0.327 e. The SMILES string of the molecule is CC(CN1CC2CCCC(N)C2C1)c1ccccc1.Cl. The lowest BCUT2D eigenvalue weighted by Crippen LogP contribution is -2.38. The molecule has 1 saturated heterocycles. The molecule has 1 aromatic carbocycles. The van der Waals surface area contributed by atoms with Gasteiger partial charge < -0.3 is 10.6 Å². The Balaban J connectivity index is 0.00000147. The van der Waals surface area contributed by atoms with Crippen molar-refractivity contribution in [3.8, 4) is 0 Å². The molecule has 112 valence electrons. The van der Waals surface area contributed by atoms with Crippen molar-refractivity contribution in [2.24, 2.45) is 17.6 Å². The van der Waals surface area contributed by atoms with E-state index in [0.717, 1.165) is 11.8 Å². The van der Waals surface area contributed by atoms with Crippen molar-refractivity contribution in [1.82, 2.24) is 4.90 Å². The number of hydrogen-bond donors (Lipinski definition) is 1. The number of rotatable bonds is 3. The van der Waals surface area contributed by atoms with Gasteiger partial charge in [0.15, 0.2) is 0 Å². The van der Waals surface area contributed by atoms with E-state index in [4.69, 9.17) is 5.73 Å². The Morgan fingerprint density at radius 3 is 2.65 bits per heavy atom. The Hall–Kier alpha value is -0.570. The first-order valence-corrected chi connectivity index (χ1v) is 7.77. The number of nitrogens with two attached hydrogens (primary N) is 1. The third-order valence-electron chi connectivity index (χ3n) is 5.13. The van der Waals surface area contributed by atoms with E-state index in [0.29, 0.717) is 12.0 Å². The van der Waals surface area contributed by atoms with Crippen LogP contribution in [0.3, 0.4) is 0 Å². The Bertz CT molecular complexity index is 409. The van der Waals surface area contributed by atoms with Crippen LogP contribution in [-0.4, -0.2) is 30.6 Å². The topological polar surface area (TPSA) is 29.3 Å². The van der Waals surface area contributed by atoms with Gasteiger partial charge in [-0.2, -0.15) is 0 Å². The molecule has 0 amide bonds. The molecule has 3 heteroatoms. The van der Waals surface area contributed by atoms with Crippen LogP contribution in [-0.2, 0) is 0 Å². The largest absolute Gasteiger partial charge is 0.327 e. The van der Waals surface area contributed by atoms with Gasteiger partial charge in [-0.15, -0.1) is 12.4 Å². The monoisotopic (exact) mass is 294 g/mol. The molecular formula is C17H27ClN2. The minimum atomic E-state index is 0. The van der Waals surface area contributed by atoms with Gasteiger partial charge in [-0.25, -0.2) is 0 Å². The fraction of sp³-hybridized carbons (Fsp3) is 0.647. The average Bonchev–Trinajstić information content (AvgIpc) is 2.84. The molecule has 2 fully saturated rings. The quantitative estimate of drug-likeness (QED) is 0.927. The molecule has 1 aromatic rings. The summed E-state index contributed by atoms with van der Waals surface area (Å²) in [6, 6.07) is 11.3. The number of likely N-dealkylation sites (tertiary alicyclic amines) is 1. The zero-order chi connectivity index (χ0) is 13.2. The number of fused-ring (bicyclic) bond motifs is 1. The van der Waals surface area contributed by atoms with Crippen molar-refractivity contribution < 1.29 is 0 Å². The highest BCUT2D eigenvalue weighted by atomic mass is 35.5. The van der Waals surface area contributed by atoms with E-state index in [9.17, 15) is 0 Å². The second kappa shape index (κ2) is 6.93. The third kappa shape index (κ3) is 3.36. The van der Waals surface area contributed by atoms with Gasteiger partial charge in [0.2, 0.25) is 0 Å². The molecule has 0 aromatic heterocycles. The molecule has 4 atom stereocenters. The summed E-state index contributed by atoms with van der Waals surface area (Å²) in [4.78, 5) is 2.65. The van der Waals surface area contributed by atoms with Crippen LogP contribution in [0.5, 0.6) is 0 Å². The molecular weight excluding hydrogens is 268 g/mol. The number of hydrogen-bond acceptors (Lipinski definition) is 2. The van der Waals surface area contributed by atoms with Gasteiger partial charge in [-0.1, -0.05) is 43.7 Å². The van der Waals surface area contributed by atoms with Crippen LogP contribution in [0.25, 0.3) is 0 Å². The Morgan fingerprint density at radius 2 is 1.95 bits per heavy atom. The first kappa shape index (κ1) is 15.8. The molecule has 0 bridgehead atoms. The number of halogens is 1. The molecule has 0 spiro atoms. The van der Waals surface area contributed by atoms with Gasteiger partial charge in [0, 0.05) is 25.7 Å². The van der Waals surface area contributed by atoms with E-state index in [-0.39, 0.29) is 12.4 Å². The summed E-state index contributed by atoms with van der Waals surface area (Å²) in [6.07, 6.45) is 3.97. The van der Waals surface area contributed by atoms with Crippen molar-refractivity contribution in [1.29, 1.82) is 0 Å². The van der Waals surface area contributed by atoms with Crippen LogP contribution in [0.15, 0.2) is 30.3 Å². The van der Waals surface area contributed by atoms with E-state index < -0.39 is 0 Å². The van der Waals surface area contributed by atoms with Gasteiger partial charge in [0.05, 0.1) is 0 Å². The fourth-order valence-corrected chi connectivity index (χ4v) is 4.03. The lowest BCUT2D eigenvalue weighted by atomic mass is 9.78. The highest BCUT2D eigenvalue weighted by Gasteiger charge is 2.38. The van der Waals surface area contributed by atoms with Gasteiger partial charge in [-0.05, 0) is 36.2 Å². The minimum absolute atomic E-state index is 0. The van der Waals surface area contributed by atoms with Crippen molar-refractivity contribution in [2.75, 3.05) is 19.6 Å². The van der Waals surface area contributed by atoms with E-state index in [1.165, 1.54) is 44.5 Å². The van der Waals surface area contributed by atoms with Gasteiger partial charge in [0.1, 0.15) is 0 Å². The third-order valence-corrected chi connectivity index (χ3v) is 5.13. The zero-order valence-corrected chi connectivity index (χ0v) is 13.2. The van der Waals surface area contributed by atoms with Gasteiger partial charge >= 0.3 is 0 Å². The molecule has 2 aliphatic rings. The predicted octanol–water partition coefficient (Wildman–Crippen LogP) is 3.27. The van der Waals surface area contributed by atoms with Gasteiger partial charge in [-0.3, -0.25) is 0 Å². The lowest BCUT2D eigenvalue weighted by molar-refractivity contribution is 0.259. The first-order chi connectivity index (χ1) is 9.24. The smallest absolute Gasteiger partial charge is 0.00825 e. The van der Waals surface area contributed by atoms with Crippen molar-refractivity contribution >= 4 is 12.4 Å². The maximum Gasteiger partial charge on any atom is 0.00825 e. The average molecular weight is 295 g/mol. The summed E-state index contributed by atoms with van der Waals surface area (Å²) in [5.41, 5.74) is 7.76. The summed E-state index contributed by atoms with van der Waals surface area (Å²) in [5.74, 6) is 2.25. The first-order valence-electron chi connectivity index (χ1n) is 7.77. The van der Waals surface area contributed by atoms with Crippen molar-refractivity contribution in [3.05, 3.63) is 35.9 Å². The number of benzene rings is 1. The van der Waals surface area contributed by atoms with E-state index >= 15 is 0 Å². The van der Waals surface area contributed by atoms with E-state index in [1.807, 2.05) is 0 Å². The van der Waals surface area contributed by atoms with Crippen molar-refractivity contribution in [3.63, 3.8) is 0 Å². The molecule has 1 aliphatic heterocycles. The molecule has 2 nitrogen and oxygen atoms in total. The molecule has 2 N–H and O–H groups in total. The van der Waals surface area contributed by atoms with Crippen LogP contribution in [0, 0.1) is 11.8 Å². The summed E-state index contributed by atoms with van der Waals surface area (Å²) in [6.45, 7) is 6.03. The summed E-state index contributed by atoms with van der Waals surface area (Å²) in [7, 11) is 0. The van der Waals surface area contributed by atoms with Crippen LogP contribution in [0.4, 0.5) is 0 Å². The standard InChI is InChI=1S/C17H26N2.ClH/c1-13(14-6-3-2-4-7-14)10-19-11-15-8-5-9-17(18)16(15)12-19;/h2-4,6-7,13,15-17H,5,8-12,18H2,1H3;1H. The maximum absolute atomic E-state index is 6.30. The molecule has 1 aliphatic carbocycles. The molecule has 4 unspecified atom stereocenters. The lowest BCUT2D eigenvalue weighted by Gasteiger charge is -2.30. The van der Waals surface area contributed by atoms with Crippen LogP contribution in [0.2, 0.25) is 0 Å². The normalized spacial score (nSPS) is 31.4. The second-order valence-electron chi connectivity index (χ2n) is 6.55. The summed E-state index contributed by atoms with van der Waals surface area (Å²) < 4.78 is 0. The summed E-state index contributed by atoms with van der Waals surface area (Å²) in [5, 5.41) is 0. The van der Waals surface area contributed by atoms with E-state index in [1.54, 1.807) is 0 Å². The summed E-state index contributed by atoms with van der Waals surface area (Å²) >= 11 is 0. The molecule has 3 rings (SSSR count). The second-order valence-corrected chi connectivity index (χ2v) is 6.55. The van der Waals surface area contributed by atoms with Crippen LogP contribution >= 0.6 is 12.4 Å².